The molecule has 0 spiro atoms. The van der Waals surface area contributed by atoms with E-state index in [0.29, 0.717) is 23.9 Å². The van der Waals surface area contributed by atoms with Crippen LogP contribution in [0.15, 0.2) is 53.1 Å². The van der Waals surface area contributed by atoms with Gasteiger partial charge >= 0.3 is 0 Å². The van der Waals surface area contributed by atoms with Gasteiger partial charge < -0.3 is 14.2 Å². The molecule has 1 aromatic heterocycles. The number of hydrogen-bond donors (Lipinski definition) is 0. The first kappa shape index (κ1) is 18.2. The molecule has 144 valence electrons. The van der Waals surface area contributed by atoms with Crippen molar-refractivity contribution in [3.63, 3.8) is 0 Å². The molecule has 3 aromatic rings. The number of rotatable bonds is 5. The van der Waals surface area contributed by atoms with Gasteiger partial charge in [-0.1, -0.05) is 11.2 Å². The van der Waals surface area contributed by atoms with E-state index in [2.05, 4.69) is 10.1 Å². The molecule has 1 aliphatic heterocycles. The first-order valence-corrected chi connectivity index (χ1v) is 9.16. The number of carbonyl (C=O) groups is 1. The average molecular weight is 381 g/mol. The zero-order chi connectivity index (χ0) is 19.7. The number of anilines is 1. The highest BCUT2D eigenvalue weighted by atomic mass is 19.1. The Labute approximate surface area is 161 Å². The Hall–Kier alpha value is -3.22. The van der Waals surface area contributed by atoms with Crippen LogP contribution in [-0.2, 0) is 4.79 Å². The Morgan fingerprint density at radius 3 is 2.71 bits per heavy atom. The number of ether oxygens (including phenoxy) is 1. The summed E-state index contributed by atoms with van der Waals surface area (Å²) in [6.07, 6.45) is 0.350. The van der Waals surface area contributed by atoms with Crippen molar-refractivity contribution in [3.05, 3.63) is 60.2 Å². The highest BCUT2D eigenvalue weighted by Gasteiger charge is 2.35. The van der Waals surface area contributed by atoms with E-state index < -0.39 is 0 Å². The third-order valence-corrected chi connectivity index (χ3v) is 4.52. The fourth-order valence-corrected chi connectivity index (χ4v) is 3.24. The van der Waals surface area contributed by atoms with Gasteiger partial charge in [0.2, 0.25) is 17.6 Å². The van der Waals surface area contributed by atoms with Crippen molar-refractivity contribution in [2.75, 3.05) is 11.4 Å². The van der Waals surface area contributed by atoms with Gasteiger partial charge in [-0.25, -0.2) is 4.39 Å². The number of nitrogens with zero attached hydrogens (tertiary/aromatic N) is 3. The van der Waals surface area contributed by atoms with E-state index in [-0.39, 0.29) is 30.2 Å². The molecule has 1 saturated heterocycles. The van der Waals surface area contributed by atoms with Crippen LogP contribution in [0.4, 0.5) is 10.1 Å². The molecular formula is C21H20FN3O3. The number of aromatic nitrogens is 2. The van der Waals surface area contributed by atoms with Crippen molar-refractivity contribution in [3.8, 4) is 17.1 Å². The minimum Gasteiger partial charge on any atom is -0.491 e. The van der Waals surface area contributed by atoms with Gasteiger partial charge in [0, 0.05) is 24.2 Å². The third-order valence-electron chi connectivity index (χ3n) is 4.52. The highest BCUT2D eigenvalue weighted by Crippen LogP contribution is 2.32. The van der Waals surface area contributed by atoms with Gasteiger partial charge in [-0.3, -0.25) is 4.79 Å². The van der Waals surface area contributed by atoms with E-state index in [4.69, 9.17) is 9.26 Å². The molecule has 2 heterocycles. The van der Waals surface area contributed by atoms with E-state index in [9.17, 15) is 9.18 Å². The first-order valence-electron chi connectivity index (χ1n) is 9.16. The van der Waals surface area contributed by atoms with Crippen LogP contribution in [-0.4, -0.2) is 28.7 Å². The molecule has 2 aromatic carbocycles. The van der Waals surface area contributed by atoms with Crippen LogP contribution in [0, 0.1) is 5.82 Å². The molecule has 1 amide bonds. The SMILES string of the molecule is CC(C)Oc1ccc(-c2noc(C3CC(=O)N(c4cccc(F)c4)C3)n2)cc1. The van der Waals surface area contributed by atoms with E-state index in [1.54, 1.807) is 17.0 Å². The van der Waals surface area contributed by atoms with Crippen molar-refractivity contribution in [1.29, 1.82) is 0 Å². The predicted octanol–water partition coefficient (Wildman–Crippen LogP) is 4.18. The van der Waals surface area contributed by atoms with Crippen LogP contribution in [0.3, 0.4) is 0 Å². The minimum atomic E-state index is -0.376. The Kier molecular flexibility index (Phi) is 4.81. The van der Waals surface area contributed by atoms with Crippen LogP contribution >= 0.6 is 0 Å². The molecular weight excluding hydrogens is 361 g/mol. The number of benzene rings is 2. The van der Waals surface area contributed by atoms with Crippen LogP contribution < -0.4 is 9.64 Å². The lowest BCUT2D eigenvalue weighted by atomic mass is 10.1. The lowest BCUT2D eigenvalue weighted by molar-refractivity contribution is -0.117. The van der Waals surface area contributed by atoms with E-state index in [1.807, 2.05) is 38.1 Å². The Morgan fingerprint density at radius 1 is 1.21 bits per heavy atom. The molecule has 28 heavy (non-hydrogen) atoms. The van der Waals surface area contributed by atoms with Gasteiger partial charge in [0.05, 0.1) is 12.0 Å². The summed E-state index contributed by atoms with van der Waals surface area (Å²) in [6.45, 7) is 4.32. The number of halogens is 1. The maximum atomic E-state index is 13.5. The molecule has 4 rings (SSSR count). The topological polar surface area (TPSA) is 68.5 Å². The van der Waals surface area contributed by atoms with Crippen LogP contribution in [0.1, 0.15) is 32.1 Å². The molecule has 1 unspecified atom stereocenters. The lowest BCUT2D eigenvalue weighted by Gasteiger charge is -2.15. The smallest absolute Gasteiger partial charge is 0.232 e. The average Bonchev–Trinajstić information content (AvgIpc) is 3.29. The van der Waals surface area contributed by atoms with Crippen LogP contribution in [0.2, 0.25) is 0 Å². The summed E-state index contributed by atoms with van der Waals surface area (Å²) in [5.74, 6) is 0.951. The monoisotopic (exact) mass is 381 g/mol. The molecule has 6 nitrogen and oxygen atoms in total. The van der Waals surface area contributed by atoms with Crippen LogP contribution in [0.25, 0.3) is 11.4 Å². The fourth-order valence-electron chi connectivity index (χ4n) is 3.24. The van der Waals surface area contributed by atoms with Gasteiger partial charge in [0.15, 0.2) is 0 Å². The Morgan fingerprint density at radius 2 is 2.00 bits per heavy atom. The number of carbonyl (C=O) groups excluding carboxylic acids is 1. The van der Waals surface area contributed by atoms with Crippen molar-refractivity contribution >= 4 is 11.6 Å². The third kappa shape index (κ3) is 3.74. The van der Waals surface area contributed by atoms with E-state index in [1.165, 1.54) is 12.1 Å². The largest absolute Gasteiger partial charge is 0.491 e. The maximum absolute atomic E-state index is 13.5. The standard InChI is InChI=1S/C21H20FN3O3/c1-13(2)27-18-8-6-14(7-9-18)20-23-21(28-24-20)15-10-19(26)25(12-15)17-5-3-4-16(22)11-17/h3-9,11,13,15H,10,12H2,1-2H3. The maximum Gasteiger partial charge on any atom is 0.232 e. The second-order valence-electron chi connectivity index (χ2n) is 7.03. The minimum absolute atomic E-state index is 0.0921. The van der Waals surface area contributed by atoms with Gasteiger partial charge in [-0.15, -0.1) is 0 Å². The predicted molar refractivity (Wildman–Crippen MR) is 102 cm³/mol. The van der Waals surface area contributed by atoms with Crippen molar-refractivity contribution in [2.45, 2.75) is 32.3 Å². The van der Waals surface area contributed by atoms with Gasteiger partial charge in [0.25, 0.3) is 0 Å². The molecule has 0 saturated carbocycles. The normalized spacial score (nSPS) is 16.8. The highest BCUT2D eigenvalue weighted by molar-refractivity contribution is 5.96. The summed E-state index contributed by atoms with van der Waals surface area (Å²) in [6, 6.07) is 13.4. The van der Waals surface area contributed by atoms with Crippen LogP contribution in [0.5, 0.6) is 5.75 Å². The zero-order valence-electron chi connectivity index (χ0n) is 15.6. The lowest BCUT2D eigenvalue weighted by Crippen LogP contribution is -2.24. The second-order valence-corrected chi connectivity index (χ2v) is 7.03. The number of amides is 1. The van der Waals surface area contributed by atoms with Gasteiger partial charge in [-0.05, 0) is 56.3 Å². The first-order chi connectivity index (χ1) is 13.5. The molecule has 0 bridgehead atoms. The van der Waals surface area contributed by atoms with E-state index >= 15 is 0 Å². The van der Waals surface area contributed by atoms with Gasteiger partial charge in [-0.2, -0.15) is 4.98 Å². The molecule has 1 atom stereocenters. The molecule has 0 radical (unpaired) electrons. The van der Waals surface area contributed by atoms with Crippen molar-refractivity contribution in [2.24, 2.45) is 0 Å². The molecule has 7 heteroatoms. The summed E-state index contributed by atoms with van der Waals surface area (Å²) in [5.41, 5.74) is 1.34. The summed E-state index contributed by atoms with van der Waals surface area (Å²) in [7, 11) is 0. The summed E-state index contributed by atoms with van der Waals surface area (Å²) >= 11 is 0. The summed E-state index contributed by atoms with van der Waals surface area (Å²) < 4.78 is 24.5. The Bertz CT molecular complexity index is 985. The molecule has 1 aliphatic rings. The fraction of sp³-hybridized carbons (Fsp3) is 0.286. The number of hydrogen-bond acceptors (Lipinski definition) is 5. The van der Waals surface area contributed by atoms with Crippen molar-refractivity contribution < 1.29 is 18.4 Å². The Balaban J connectivity index is 1.49. The zero-order valence-corrected chi connectivity index (χ0v) is 15.6. The summed E-state index contributed by atoms with van der Waals surface area (Å²) in [5, 5.41) is 4.04. The van der Waals surface area contributed by atoms with E-state index in [0.717, 1.165) is 11.3 Å². The molecule has 1 fully saturated rings. The quantitative estimate of drug-likeness (QED) is 0.663. The van der Waals surface area contributed by atoms with Crippen molar-refractivity contribution in [1.82, 2.24) is 10.1 Å². The van der Waals surface area contributed by atoms with Gasteiger partial charge in [0.1, 0.15) is 11.6 Å². The molecule has 0 N–H and O–H groups in total. The molecule has 0 aliphatic carbocycles. The summed E-state index contributed by atoms with van der Waals surface area (Å²) in [4.78, 5) is 18.4. The second kappa shape index (κ2) is 7.42.